The maximum atomic E-state index is 14.0. The Bertz CT molecular complexity index is 1240. The lowest BCUT2D eigenvalue weighted by Crippen LogP contribution is -2.51. The van der Waals surface area contributed by atoms with Gasteiger partial charge in [0.25, 0.3) is 5.91 Å². The van der Waals surface area contributed by atoms with Gasteiger partial charge in [0.1, 0.15) is 18.4 Å². The summed E-state index contributed by atoms with van der Waals surface area (Å²) < 4.78 is 12.4. The number of nitrogens with zero attached hydrogens (tertiary/aromatic N) is 1. The summed E-state index contributed by atoms with van der Waals surface area (Å²) >= 11 is 0. The van der Waals surface area contributed by atoms with E-state index in [-0.39, 0.29) is 31.1 Å². The molecule has 2 N–H and O–H groups in total. The number of benzene rings is 3. The minimum Gasteiger partial charge on any atom is -0.489 e. The van der Waals surface area contributed by atoms with Gasteiger partial charge in [-0.2, -0.15) is 0 Å². The lowest BCUT2D eigenvalue weighted by Gasteiger charge is -2.38. The number of ether oxygens (including phenoxy) is 2. The molecule has 1 aliphatic heterocycles. The van der Waals surface area contributed by atoms with Crippen LogP contribution < -0.4 is 4.74 Å². The number of aliphatic hydroxyl groups excluding tert-OH is 1. The van der Waals surface area contributed by atoms with Crippen LogP contribution in [0.2, 0.25) is 0 Å². The second kappa shape index (κ2) is 11.8. The summed E-state index contributed by atoms with van der Waals surface area (Å²) in [6.45, 7) is 0.529. The second-order valence-electron chi connectivity index (χ2n) is 10.0. The van der Waals surface area contributed by atoms with Gasteiger partial charge in [0.15, 0.2) is 6.10 Å². The average molecular weight is 516 g/mol. The first-order valence-corrected chi connectivity index (χ1v) is 13.2. The van der Waals surface area contributed by atoms with E-state index in [0.717, 1.165) is 16.7 Å². The Balaban J connectivity index is 1.40. The Labute approximate surface area is 222 Å². The van der Waals surface area contributed by atoms with E-state index in [4.69, 9.17) is 9.47 Å². The van der Waals surface area contributed by atoms with Crippen LogP contribution in [0.5, 0.6) is 5.75 Å². The number of carboxylic acids is 1. The first-order valence-electron chi connectivity index (χ1n) is 13.2. The van der Waals surface area contributed by atoms with Gasteiger partial charge < -0.3 is 24.6 Å². The van der Waals surface area contributed by atoms with E-state index in [9.17, 15) is 19.8 Å². The molecule has 2 aliphatic rings. The van der Waals surface area contributed by atoms with Crippen LogP contribution in [0.4, 0.5) is 0 Å². The molecule has 3 aromatic carbocycles. The maximum Gasteiger partial charge on any atom is 0.326 e. The van der Waals surface area contributed by atoms with E-state index in [2.05, 4.69) is 0 Å². The summed E-state index contributed by atoms with van der Waals surface area (Å²) in [6, 6.07) is 23.6. The monoisotopic (exact) mass is 515 g/mol. The van der Waals surface area contributed by atoms with Crippen molar-refractivity contribution in [2.24, 2.45) is 0 Å². The van der Waals surface area contributed by atoms with Gasteiger partial charge >= 0.3 is 5.97 Å². The average Bonchev–Trinajstić information content (AvgIpc) is 2.95. The highest BCUT2D eigenvalue weighted by atomic mass is 16.5. The molecule has 7 nitrogen and oxygen atoms in total. The van der Waals surface area contributed by atoms with Gasteiger partial charge in [-0.05, 0) is 48.4 Å². The van der Waals surface area contributed by atoms with E-state index in [1.54, 1.807) is 0 Å². The van der Waals surface area contributed by atoms with Crippen molar-refractivity contribution in [3.63, 3.8) is 0 Å². The number of amides is 1. The van der Waals surface area contributed by atoms with Crippen molar-refractivity contribution in [2.45, 2.75) is 69.6 Å². The maximum absolute atomic E-state index is 14.0. The molecule has 38 heavy (non-hydrogen) atoms. The molecule has 0 aromatic heterocycles. The van der Waals surface area contributed by atoms with Crippen molar-refractivity contribution in [3.05, 3.63) is 101 Å². The molecule has 0 bridgehead atoms. The normalized spacial score (nSPS) is 21.8. The number of hydrogen-bond acceptors (Lipinski definition) is 5. The van der Waals surface area contributed by atoms with Crippen LogP contribution in [0, 0.1) is 0 Å². The zero-order valence-corrected chi connectivity index (χ0v) is 21.2. The van der Waals surface area contributed by atoms with Gasteiger partial charge in [-0.15, -0.1) is 0 Å². The predicted octanol–water partition coefficient (Wildman–Crippen LogP) is 4.66. The van der Waals surface area contributed by atoms with Gasteiger partial charge in [0, 0.05) is 18.5 Å². The van der Waals surface area contributed by atoms with Crippen LogP contribution in [0.3, 0.4) is 0 Å². The molecule has 0 spiro atoms. The van der Waals surface area contributed by atoms with Crippen LogP contribution in [-0.4, -0.2) is 45.2 Å². The lowest BCUT2D eigenvalue weighted by molar-refractivity contribution is -0.161. The summed E-state index contributed by atoms with van der Waals surface area (Å²) in [7, 11) is 0. The first kappa shape index (κ1) is 25.9. The van der Waals surface area contributed by atoms with Crippen molar-refractivity contribution in [1.82, 2.24) is 4.90 Å². The number of aliphatic hydroxyl groups is 1. The molecule has 2 atom stereocenters. The molecular weight excluding hydrogens is 482 g/mol. The van der Waals surface area contributed by atoms with Crippen LogP contribution in [-0.2, 0) is 33.9 Å². The van der Waals surface area contributed by atoms with Crippen molar-refractivity contribution in [1.29, 1.82) is 0 Å². The lowest BCUT2D eigenvalue weighted by atomic mass is 9.91. The Morgan fingerprint density at radius 3 is 2.26 bits per heavy atom. The molecule has 1 amide bonds. The van der Waals surface area contributed by atoms with Gasteiger partial charge in [-0.3, -0.25) is 4.79 Å². The molecule has 7 heteroatoms. The van der Waals surface area contributed by atoms with E-state index >= 15 is 0 Å². The largest absolute Gasteiger partial charge is 0.489 e. The standard InChI is InChI=1S/C31H33NO6/c33-24-14-16-25(17-15-24)38-29(22-10-5-2-6-11-22)30(34)32-19-23-12-7-13-28(26(23)18-27(32)31(35)36)37-20-21-8-3-1-4-9-21/h1-13,24-25,27,29,33H,14-20H2,(H,35,36)/t24-,25+,27-,29?/m0/s1. The smallest absolute Gasteiger partial charge is 0.326 e. The van der Waals surface area contributed by atoms with Crippen LogP contribution in [0.1, 0.15) is 54.0 Å². The molecule has 5 rings (SSSR count). The molecule has 0 radical (unpaired) electrons. The van der Waals surface area contributed by atoms with Crippen LogP contribution in [0.25, 0.3) is 0 Å². The van der Waals surface area contributed by atoms with E-state index < -0.39 is 18.1 Å². The Morgan fingerprint density at radius 2 is 1.58 bits per heavy atom. The van der Waals surface area contributed by atoms with Crippen molar-refractivity contribution in [2.75, 3.05) is 0 Å². The molecule has 1 unspecified atom stereocenters. The predicted molar refractivity (Wildman–Crippen MR) is 141 cm³/mol. The number of rotatable bonds is 8. The number of carbonyl (C=O) groups excluding carboxylic acids is 1. The van der Waals surface area contributed by atoms with E-state index in [0.29, 0.717) is 43.6 Å². The summed E-state index contributed by atoms with van der Waals surface area (Å²) in [4.78, 5) is 27.9. The summed E-state index contributed by atoms with van der Waals surface area (Å²) in [5.41, 5.74) is 3.40. The molecule has 3 aromatic rings. The second-order valence-corrected chi connectivity index (χ2v) is 10.0. The first-order chi connectivity index (χ1) is 18.5. The summed E-state index contributed by atoms with van der Waals surface area (Å²) in [5.74, 6) is -0.785. The highest BCUT2D eigenvalue weighted by Gasteiger charge is 2.40. The molecule has 1 heterocycles. The Morgan fingerprint density at radius 1 is 0.895 bits per heavy atom. The number of carbonyl (C=O) groups is 2. The molecule has 198 valence electrons. The molecule has 0 saturated heterocycles. The third-order valence-electron chi connectivity index (χ3n) is 7.45. The quantitative estimate of drug-likeness (QED) is 0.453. The summed E-state index contributed by atoms with van der Waals surface area (Å²) in [5, 5.41) is 20.1. The number of fused-ring (bicyclic) bond motifs is 1. The van der Waals surface area contributed by atoms with E-state index in [1.807, 2.05) is 78.9 Å². The van der Waals surface area contributed by atoms with Gasteiger partial charge in [-0.25, -0.2) is 4.79 Å². The minimum absolute atomic E-state index is 0.151. The minimum atomic E-state index is -1.06. The topological polar surface area (TPSA) is 96.3 Å². The zero-order valence-electron chi connectivity index (χ0n) is 21.2. The van der Waals surface area contributed by atoms with Crippen molar-refractivity contribution >= 4 is 11.9 Å². The van der Waals surface area contributed by atoms with Gasteiger partial charge in [0.2, 0.25) is 0 Å². The van der Waals surface area contributed by atoms with Gasteiger partial charge in [0.05, 0.1) is 12.2 Å². The molecular formula is C31H33NO6. The van der Waals surface area contributed by atoms with Crippen LogP contribution >= 0.6 is 0 Å². The number of carboxylic acid groups (broad SMARTS) is 1. The molecule has 1 saturated carbocycles. The van der Waals surface area contributed by atoms with E-state index in [1.165, 1.54) is 4.90 Å². The third kappa shape index (κ3) is 5.90. The molecule has 1 aliphatic carbocycles. The fourth-order valence-corrected chi connectivity index (χ4v) is 5.34. The zero-order chi connectivity index (χ0) is 26.5. The summed E-state index contributed by atoms with van der Waals surface area (Å²) in [6.07, 6.45) is 1.29. The fourth-order valence-electron chi connectivity index (χ4n) is 5.34. The van der Waals surface area contributed by atoms with Crippen molar-refractivity contribution < 1.29 is 29.3 Å². The third-order valence-corrected chi connectivity index (χ3v) is 7.45. The highest BCUT2D eigenvalue weighted by molar-refractivity contribution is 5.88. The number of aliphatic carboxylic acids is 1. The number of hydrogen-bond donors (Lipinski definition) is 2. The molecule has 1 fully saturated rings. The fraction of sp³-hybridized carbons (Fsp3) is 0.355. The Hall–Kier alpha value is -3.68. The Kier molecular flexibility index (Phi) is 8.05. The van der Waals surface area contributed by atoms with Crippen LogP contribution in [0.15, 0.2) is 78.9 Å². The highest BCUT2D eigenvalue weighted by Crippen LogP contribution is 2.35. The van der Waals surface area contributed by atoms with Crippen molar-refractivity contribution in [3.8, 4) is 5.75 Å². The van der Waals surface area contributed by atoms with Gasteiger partial charge in [-0.1, -0.05) is 72.8 Å². The SMILES string of the molecule is O=C(O)[C@@H]1Cc2c(cccc2OCc2ccccc2)CN1C(=O)C(O[C@H]1CC[C@@H](O)CC1)c1ccccc1.